The molecule has 3 heteroatoms. The number of aliphatic hydroxyl groups excluding tert-OH is 2. The molecule has 0 saturated heterocycles. The van der Waals surface area contributed by atoms with Gasteiger partial charge in [0.05, 0.1) is 0 Å². The highest BCUT2D eigenvalue weighted by atomic mass is 16.6. The van der Waals surface area contributed by atoms with E-state index in [1.165, 1.54) is 0 Å². The van der Waals surface area contributed by atoms with Crippen LogP contribution in [0.4, 0.5) is 0 Å². The summed E-state index contributed by atoms with van der Waals surface area (Å²) in [5.41, 5.74) is 0. The molecule has 0 fully saturated rings. The summed E-state index contributed by atoms with van der Waals surface area (Å²) in [6, 6.07) is 9.21. The predicted molar refractivity (Wildman–Crippen MR) is 46.9 cm³/mol. The summed E-state index contributed by atoms with van der Waals surface area (Å²) in [5.74, 6) is 0.692. The number of aliphatic hydroxyl groups is 2. The van der Waals surface area contributed by atoms with Crippen molar-refractivity contribution in [3.8, 4) is 5.75 Å². The highest BCUT2D eigenvalue weighted by Crippen LogP contribution is 2.08. The van der Waals surface area contributed by atoms with Crippen molar-refractivity contribution in [2.75, 3.05) is 7.11 Å². The first-order valence-electron chi connectivity index (χ1n) is 3.63. The van der Waals surface area contributed by atoms with E-state index in [1.54, 1.807) is 19.1 Å². The zero-order valence-electron chi connectivity index (χ0n) is 7.27. The Labute approximate surface area is 72.2 Å². The first-order valence-corrected chi connectivity index (χ1v) is 3.63. The molecule has 1 aromatic rings. The summed E-state index contributed by atoms with van der Waals surface area (Å²) in [5, 5.41) is 15.8. The molecule has 0 aromatic heterocycles. The number of benzene rings is 1. The molecule has 0 radical (unpaired) electrons. The van der Waals surface area contributed by atoms with Crippen LogP contribution in [0.2, 0.25) is 0 Å². The quantitative estimate of drug-likeness (QED) is 0.651. The van der Waals surface area contributed by atoms with Crippen molar-refractivity contribution in [3.63, 3.8) is 0 Å². The van der Waals surface area contributed by atoms with E-state index in [0.29, 0.717) is 5.75 Å². The van der Waals surface area contributed by atoms with Gasteiger partial charge in [0.1, 0.15) is 5.75 Å². The van der Waals surface area contributed by atoms with Gasteiger partial charge < -0.3 is 14.9 Å². The Hall–Kier alpha value is -1.06. The molecule has 0 heterocycles. The maximum absolute atomic E-state index is 8.78. The van der Waals surface area contributed by atoms with Gasteiger partial charge >= 0.3 is 0 Å². The lowest BCUT2D eigenvalue weighted by Crippen LogP contribution is -2.08. The molecule has 2 N–H and O–H groups in total. The van der Waals surface area contributed by atoms with Crippen molar-refractivity contribution in [2.45, 2.75) is 13.2 Å². The number of hydrogen-bond acceptors (Lipinski definition) is 3. The Balaban J connectivity index is 0.000000561. The van der Waals surface area contributed by atoms with Gasteiger partial charge in [-0.2, -0.15) is 0 Å². The van der Waals surface area contributed by atoms with Crippen LogP contribution in [0.3, 0.4) is 0 Å². The molecule has 1 rings (SSSR count). The third kappa shape index (κ3) is 4.71. The van der Waals surface area contributed by atoms with E-state index in [2.05, 4.69) is 0 Å². The summed E-state index contributed by atoms with van der Waals surface area (Å²) in [6.45, 7) is 1.58. The van der Waals surface area contributed by atoms with Crippen molar-refractivity contribution >= 4 is 0 Å². The van der Waals surface area contributed by atoms with Crippen LogP contribution in [0, 0.1) is 0 Å². The van der Waals surface area contributed by atoms with Crippen molar-refractivity contribution in [1.29, 1.82) is 0 Å². The second-order valence-corrected chi connectivity index (χ2v) is 2.03. The van der Waals surface area contributed by atoms with Crippen LogP contribution in [0.15, 0.2) is 30.3 Å². The molecular weight excluding hydrogens is 156 g/mol. The highest BCUT2D eigenvalue weighted by molar-refractivity contribution is 5.20. The van der Waals surface area contributed by atoms with Gasteiger partial charge in [-0.05, 0) is 19.1 Å². The van der Waals surface area contributed by atoms with Crippen LogP contribution >= 0.6 is 0 Å². The van der Waals surface area contributed by atoms with E-state index in [4.69, 9.17) is 14.9 Å². The van der Waals surface area contributed by atoms with Crippen LogP contribution in [-0.2, 0) is 0 Å². The molecule has 0 bridgehead atoms. The van der Waals surface area contributed by atoms with Gasteiger partial charge in [-0.1, -0.05) is 18.2 Å². The zero-order valence-corrected chi connectivity index (χ0v) is 7.27. The van der Waals surface area contributed by atoms with Gasteiger partial charge in [-0.3, -0.25) is 0 Å². The Morgan fingerprint density at radius 2 is 1.67 bits per heavy atom. The largest absolute Gasteiger partial charge is 0.465 e. The average Bonchev–Trinajstić information content (AvgIpc) is 2.08. The number of para-hydroxylation sites is 1. The summed E-state index contributed by atoms with van der Waals surface area (Å²) in [6.07, 6.45) is -0.734. The van der Waals surface area contributed by atoms with Gasteiger partial charge in [0, 0.05) is 7.11 Å². The van der Waals surface area contributed by atoms with Crippen LogP contribution in [0.1, 0.15) is 6.92 Å². The van der Waals surface area contributed by atoms with Crippen molar-refractivity contribution in [1.82, 2.24) is 0 Å². The van der Waals surface area contributed by atoms with E-state index in [0.717, 1.165) is 7.11 Å². The molecule has 0 spiro atoms. The van der Waals surface area contributed by atoms with Crippen molar-refractivity contribution in [3.05, 3.63) is 30.3 Å². The summed E-state index contributed by atoms with van der Waals surface area (Å²) >= 11 is 0. The standard InChI is InChI=1S/C8H10O2.CH4O/c1-7(9)10-8-5-3-2-4-6-8;1-2/h2-7,9H,1H3;2H,1H3. The summed E-state index contributed by atoms with van der Waals surface area (Å²) in [7, 11) is 1.00. The molecular formula is C9H14O3. The Bertz CT molecular complexity index is 184. The fraction of sp³-hybridized carbons (Fsp3) is 0.333. The lowest BCUT2D eigenvalue weighted by molar-refractivity contribution is -0.000287. The molecule has 1 aromatic carbocycles. The lowest BCUT2D eigenvalue weighted by Gasteiger charge is -2.06. The SMILES string of the molecule is CC(O)Oc1ccccc1.CO. The van der Waals surface area contributed by atoms with Gasteiger partial charge in [0.2, 0.25) is 0 Å². The summed E-state index contributed by atoms with van der Waals surface area (Å²) in [4.78, 5) is 0. The fourth-order valence-corrected chi connectivity index (χ4v) is 0.696. The maximum atomic E-state index is 8.78. The fourth-order valence-electron chi connectivity index (χ4n) is 0.696. The molecule has 0 aliphatic rings. The van der Waals surface area contributed by atoms with Crippen LogP contribution in [0.5, 0.6) is 5.75 Å². The maximum Gasteiger partial charge on any atom is 0.194 e. The minimum Gasteiger partial charge on any atom is -0.465 e. The van der Waals surface area contributed by atoms with Gasteiger partial charge in [0.25, 0.3) is 0 Å². The molecule has 0 saturated carbocycles. The van der Waals surface area contributed by atoms with E-state index < -0.39 is 6.29 Å². The topological polar surface area (TPSA) is 49.7 Å². The molecule has 12 heavy (non-hydrogen) atoms. The second kappa shape index (κ2) is 6.64. The lowest BCUT2D eigenvalue weighted by atomic mass is 10.3. The molecule has 1 atom stereocenters. The Morgan fingerprint density at radius 1 is 1.17 bits per heavy atom. The molecule has 0 amide bonds. The minimum absolute atomic E-state index is 0.692. The number of ether oxygens (including phenoxy) is 1. The van der Waals surface area contributed by atoms with Crippen LogP contribution in [0.25, 0.3) is 0 Å². The van der Waals surface area contributed by atoms with Gasteiger partial charge in [0.15, 0.2) is 6.29 Å². The Kier molecular flexibility index (Phi) is 6.05. The van der Waals surface area contributed by atoms with Crippen LogP contribution in [-0.4, -0.2) is 23.6 Å². The molecule has 0 aliphatic carbocycles. The zero-order chi connectivity index (χ0) is 9.40. The first-order chi connectivity index (χ1) is 5.79. The normalized spacial score (nSPS) is 11.0. The minimum atomic E-state index is -0.734. The number of rotatable bonds is 2. The third-order valence-corrected chi connectivity index (χ3v) is 1.05. The van der Waals surface area contributed by atoms with E-state index in [1.807, 2.05) is 18.2 Å². The molecule has 68 valence electrons. The number of hydrogen-bond donors (Lipinski definition) is 2. The third-order valence-electron chi connectivity index (χ3n) is 1.05. The smallest absolute Gasteiger partial charge is 0.194 e. The predicted octanol–water partition coefficient (Wildman–Crippen LogP) is 1.01. The van der Waals surface area contributed by atoms with E-state index in [-0.39, 0.29) is 0 Å². The Morgan fingerprint density at radius 3 is 2.08 bits per heavy atom. The molecule has 1 unspecified atom stereocenters. The van der Waals surface area contributed by atoms with Crippen molar-refractivity contribution in [2.24, 2.45) is 0 Å². The molecule has 3 nitrogen and oxygen atoms in total. The summed E-state index contributed by atoms with van der Waals surface area (Å²) < 4.78 is 4.97. The van der Waals surface area contributed by atoms with Gasteiger partial charge in [-0.15, -0.1) is 0 Å². The van der Waals surface area contributed by atoms with Crippen LogP contribution < -0.4 is 4.74 Å². The monoisotopic (exact) mass is 170 g/mol. The second-order valence-electron chi connectivity index (χ2n) is 2.03. The van der Waals surface area contributed by atoms with Gasteiger partial charge in [-0.25, -0.2) is 0 Å². The first kappa shape index (κ1) is 10.9. The van der Waals surface area contributed by atoms with E-state index >= 15 is 0 Å². The van der Waals surface area contributed by atoms with E-state index in [9.17, 15) is 0 Å². The van der Waals surface area contributed by atoms with Crippen molar-refractivity contribution < 1.29 is 14.9 Å². The average molecular weight is 170 g/mol. The highest BCUT2D eigenvalue weighted by Gasteiger charge is 1.94. The molecule has 0 aliphatic heterocycles.